The molecule has 2 unspecified atom stereocenters. The number of aromatic nitrogens is 3. The molecule has 5 nitrogen and oxygen atoms in total. The molecule has 0 aliphatic carbocycles. The molecule has 2 aromatic rings. The molecule has 0 radical (unpaired) electrons. The van der Waals surface area contributed by atoms with E-state index < -0.39 is 0 Å². The molecule has 20 heavy (non-hydrogen) atoms. The van der Waals surface area contributed by atoms with Crippen molar-refractivity contribution in [3.05, 3.63) is 36.8 Å². The minimum atomic E-state index is 0.367. The Labute approximate surface area is 119 Å². The minimum absolute atomic E-state index is 0.367. The first kappa shape index (κ1) is 13.1. The van der Waals surface area contributed by atoms with Crippen LogP contribution in [0.3, 0.4) is 0 Å². The van der Waals surface area contributed by atoms with E-state index in [2.05, 4.69) is 28.4 Å². The summed E-state index contributed by atoms with van der Waals surface area (Å²) in [6.45, 7) is 3.00. The molecule has 1 aliphatic rings. The van der Waals surface area contributed by atoms with Crippen LogP contribution in [-0.2, 0) is 4.74 Å². The second kappa shape index (κ2) is 6.05. The van der Waals surface area contributed by atoms with E-state index in [1.807, 2.05) is 18.3 Å². The van der Waals surface area contributed by atoms with Gasteiger partial charge in [0.25, 0.3) is 0 Å². The van der Waals surface area contributed by atoms with Crippen LogP contribution in [0, 0.1) is 0 Å². The smallest absolute Gasteiger partial charge is 0.176 e. The maximum atomic E-state index is 5.72. The van der Waals surface area contributed by atoms with Crippen LogP contribution < -0.4 is 5.32 Å². The van der Waals surface area contributed by atoms with Crippen LogP contribution in [0.1, 0.15) is 26.2 Å². The Bertz CT molecular complexity index is 541. The van der Waals surface area contributed by atoms with Gasteiger partial charge in [0.05, 0.1) is 11.8 Å². The van der Waals surface area contributed by atoms with Gasteiger partial charge in [-0.3, -0.25) is 0 Å². The van der Waals surface area contributed by atoms with E-state index in [9.17, 15) is 0 Å². The fourth-order valence-corrected chi connectivity index (χ4v) is 2.60. The summed E-state index contributed by atoms with van der Waals surface area (Å²) < 4.78 is 7.51. The van der Waals surface area contributed by atoms with Crippen molar-refractivity contribution in [1.82, 2.24) is 14.8 Å². The molecule has 0 saturated carbocycles. The summed E-state index contributed by atoms with van der Waals surface area (Å²) in [4.78, 5) is 4.43. The second-order valence-corrected chi connectivity index (χ2v) is 5.09. The molecular weight excluding hydrogens is 252 g/mol. The lowest BCUT2D eigenvalue weighted by atomic mass is 10.0. The number of anilines is 1. The van der Waals surface area contributed by atoms with Crippen LogP contribution in [0.5, 0.6) is 0 Å². The molecule has 0 aromatic carbocycles. The molecule has 0 amide bonds. The Morgan fingerprint density at radius 1 is 1.40 bits per heavy atom. The standard InChI is InChI=1S/C15H20N4O/c1-2-13-11-12(6-10-20-13)18-14-5-3-7-16-15(14)19-9-4-8-17-19/h3-5,7-9,12-13,18H,2,6,10-11H2,1H3. The van der Waals surface area contributed by atoms with Crippen molar-refractivity contribution in [2.24, 2.45) is 0 Å². The summed E-state index contributed by atoms with van der Waals surface area (Å²) in [6.07, 6.45) is 8.98. The van der Waals surface area contributed by atoms with Crippen molar-refractivity contribution in [1.29, 1.82) is 0 Å². The first-order chi connectivity index (χ1) is 9.86. The Morgan fingerprint density at radius 3 is 3.15 bits per heavy atom. The Balaban J connectivity index is 1.77. The highest BCUT2D eigenvalue weighted by molar-refractivity contribution is 5.56. The number of nitrogens with one attached hydrogen (secondary N) is 1. The topological polar surface area (TPSA) is 52.0 Å². The van der Waals surface area contributed by atoms with Gasteiger partial charge in [0, 0.05) is 31.2 Å². The molecule has 5 heteroatoms. The quantitative estimate of drug-likeness (QED) is 0.929. The summed E-state index contributed by atoms with van der Waals surface area (Å²) >= 11 is 0. The van der Waals surface area contributed by atoms with Crippen molar-refractivity contribution in [3.8, 4) is 5.82 Å². The Morgan fingerprint density at radius 2 is 2.35 bits per heavy atom. The molecule has 1 saturated heterocycles. The number of hydrogen-bond acceptors (Lipinski definition) is 4. The summed E-state index contributed by atoms with van der Waals surface area (Å²) in [5.41, 5.74) is 1.03. The third-order valence-corrected chi connectivity index (χ3v) is 3.69. The average molecular weight is 272 g/mol. The van der Waals surface area contributed by atoms with E-state index in [0.717, 1.165) is 37.4 Å². The van der Waals surface area contributed by atoms with Crippen LogP contribution >= 0.6 is 0 Å². The van der Waals surface area contributed by atoms with Crippen molar-refractivity contribution in [3.63, 3.8) is 0 Å². The number of nitrogens with zero attached hydrogens (tertiary/aromatic N) is 3. The van der Waals surface area contributed by atoms with Crippen LogP contribution in [0.15, 0.2) is 36.8 Å². The van der Waals surface area contributed by atoms with Gasteiger partial charge in [-0.2, -0.15) is 5.10 Å². The molecule has 3 rings (SSSR count). The van der Waals surface area contributed by atoms with E-state index in [0.29, 0.717) is 12.1 Å². The lowest BCUT2D eigenvalue weighted by Gasteiger charge is -2.30. The van der Waals surface area contributed by atoms with Gasteiger partial charge in [0.2, 0.25) is 0 Å². The number of hydrogen-bond donors (Lipinski definition) is 1. The van der Waals surface area contributed by atoms with Crippen LogP contribution in [0.4, 0.5) is 5.69 Å². The maximum Gasteiger partial charge on any atom is 0.176 e. The first-order valence-electron chi connectivity index (χ1n) is 7.20. The number of ether oxygens (including phenoxy) is 1. The lowest BCUT2D eigenvalue weighted by molar-refractivity contribution is 0.00925. The molecule has 1 N–H and O–H groups in total. The monoisotopic (exact) mass is 272 g/mol. The molecule has 0 bridgehead atoms. The van der Waals surface area contributed by atoms with Gasteiger partial charge in [0.1, 0.15) is 0 Å². The van der Waals surface area contributed by atoms with Crippen molar-refractivity contribution in [2.45, 2.75) is 38.3 Å². The Hall–Kier alpha value is -1.88. The molecular formula is C15H20N4O. The molecule has 2 aromatic heterocycles. The zero-order valence-corrected chi connectivity index (χ0v) is 11.7. The van der Waals surface area contributed by atoms with Gasteiger partial charge in [-0.25, -0.2) is 9.67 Å². The molecule has 2 atom stereocenters. The molecule has 3 heterocycles. The summed E-state index contributed by atoms with van der Waals surface area (Å²) in [6, 6.07) is 6.35. The first-order valence-corrected chi connectivity index (χ1v) is 7.20. The molecule has 1 fully saturated rings. The van der Waals surface area contributed by atoms with Gasteiger partial charge in [0.15, 0.2) is 5.82 Å². The lowest BCUT2D eigenvalue weighted by Crippen LogP contribution is -2.34. The molecule has 106 valence electrons. The highest BCUT2D eigenvalue weighted by atomic mass is 16.5. The van der Waals surface area contributed by atoms with E-state index in [-0.39, 0.29) is 0 Å². The third-order valence-electron chi connectivity index (χ3n) is 3.69. The zero-order chi connectivity index (χ0) is 13.8. The van der Waals surface area contributed by atoms with Crippen molar-refractivity contribution >= 4 is 5.69 Å². The maximum absolute atomic E-state index is 5.72. The highest BCUT2D eigenvalue weighted by Crippen LogP contribution is 2.23. The largest absolute Gasteiger partial charge is 0.379 e. The second-order valence-electron chi connectivity index (χ2n) is 5.09. The van der Waals surface area contributed by atoms with Crippen LogP contribution in [0.2, 0.25) is 0 Å². The number of pyridine rings is 1. The van der Waals surface area contributed by atoms with Crippen LogP contribution in [0.25, 0.3) is 5.82 Å². The predicted octanol–water partition coefficient (Wildman–Crippen LogP) is 2.64. The summed E-state index contributed by atoms with van der Waals surface area (Å²) in [5.74, 6) is 0.844. The van der Waals surface area contributed by atoms with E-state index >= 15 is 0 Å². The number of rotatable bonds is 4. The van der Waals surface area contributed by atoms with Crippen LogP contribution in [-0.4, -0.2) is 33.5 Å². The molecule has 0 spiro atoms. The summed E-state index contributed by atoms with van der Waals surface area (Å²) in [7, 11) is 0. The van der Waals surface area contributed by atoms with Gasteiger partial charge >= 0.3 is 0 Å². The van der Waals surface area contributed by atoms with E-state index in [1.54, 1.807) is 17.1 Å². The Kier molecular flexibility index (Phi) is 3.97. The normalized spacial score (nSPS) is 22.6. The minimum Gasteiger partial charge on any atom is -0.379 e. The van der Waals surface area contributed by atoms with Gasteiger partial charge in [-0.05, 0) is 37.5 Å². The SMILES string of the molecule is CCC1CC(Nc2cccnc2-n2cccn2)CCO1. The third kappa shape index (κ3) is 2.82. The van der Waals surface area contributed by atoms with Gasteiger partial charge in [-0.1, -0.05) is 6.92 Å². The fraction of sp³-hybridized carbons (Fsp3) is 0.467. The van der Waals surface area contributed by atoms with E-state index in [1.165, 1.54) is 0 Å². The average Bonchev–Trinajstić information content (AvgIpc) is 3.02. The fourth-order valence-electron chi connectivity index (χ4n) is 2.60. The van der Waals surface area contributed by atoms with Crippen molar-refractivity contribution in [2.75, 3.05) is 11.9 Å². The van der Waals surface area contributed by atoms with Gasteiger partial charge < -0.3 is 10.1 Å². The summed E-state index contributed by atoms with van der Waals surface area (Å²) in [5, 5.41) is 7.86. The predicted molar refractivity (Wildman–Crippen MR) is 78.0 cm³/mol. The highest BCUT2D eigenvalue weighted by Gasteiger charge is 2.22. The van der Waals surface area contributed by atoms with Gasteiger partial charge in [-0.15, -0.1) is 0 Å². The van der Waals surface area contributed by atoms with E-state index in [4.69, 9.17) is 4.74 Å². The van der Waals surface area contributed by atoms with Crippen molar-refractivity contribution < 1.29 is 4.74 Å². The molecule has 1 aliphatic heterocycles. The zero-order valence-electron chi connectivity index (χ0n) is 11.7.